The van der Waals surface area contributed by atoms with Gasteiger partial charge in [0.15, 0.2) is 6.10 Å². The number of esters is 3. The summed E-state index contributed by atoms with van der Waals surface area (Å²) in [7, 11) is 0. The van der Waals surface area contributed by atoms with Crippen molar-refractivity contribution < 1.29 is 28.6 Å². The van der Waals surface area contributed by atoms with Gasteiger partial charge in [0.2, 0.25) is 0 Å². The first kappa shape index (κ1) is 68.8. The summed E-state index contributed by atoms with van der Waals surface area (Å²) in [5.74, 6) is -0.913. The predicted octanol–water partition coefficient (Wildman–Crippen LogP) is 20.9. The van der Waals surface area contributed by atoms with E-state index in [9.17, 15) is 14.4 Å². The molecule has 416 valence electrons. The summed E-state index contributed by atoms with van der Waals surface area (Å²) in [4.78, 5) is 38.3. The molecule has 0 radical (unpaired) electrons. The Hall–Kier alpha value is -3.15. The molecule has 1 unspecified atom stereocenters. The highest BCUT2D eigenvalue weighted by Gasteiger charge is 2.19. The molecule has 0 N–H and O–H groups in total. The molecule has 0 aromatic rings. The molecule has 0 aromatic carbocycles. The van der Waals surface area contributed by atoms with Crippen LogP contribution in [0, 0.1) is 0 Å². The Bertz CT molecular complexity index is 1340. The number of hydrogen-bond acceptors (Lipinski definition) is 6. The summed E-state index contributed by atoms with van der Waals surface area (Å²) in [6.07, 6.45) is 77.6. The Morgan fingerprint density at radius 1 is 0.292 bits per heavy atom. The van der Waals surface area contributed by atoms with Crippen LogP contribution in [0.3, 0.4) is 0 Å². The van der Waals surface area contributed by atoms with E-state index in [-0.39, 0.29) is 31.1 Å². The van der Waals surface area contributed by atoms with Crippen molar-refractivity contribution >= 4 is 17.9 Å². The van der Waals surface area contributed by atoms with E-state index in [0.29, 0.717) is 19.3 Å². The van der Waals surface area contributed by atoms with Crippen molar-refractivity contribution in [3.63, 3.8) is 0 Å². The van der Waals surface area contributed by atoms with Gasteiger partial charge in [-0.3, -0.25) is 14.4 Å². The van der Waals surface area contributed by atoms with Gasteiger partial charge in [0.05, 0.1) is 0 Å². The van der Waals surface area contributed by atoms with Crippen LogP contribution < -0.4 is 0 Å². The summed E-state index contributed by atoms with van der Waals surface area (Å²) < 4.78 is 16.9. The third-order valence-electron chi connectivity index (χ3n) is 13.5. The van der Waals surface area contributed by atoms with Crippen molar-refractivity contribution in [3.8, 4) is 0 Å². The molecular formula is C66H116O6. The number of carbonyl (C=O) groups excluding carboxylic acids is 3. The molecule has 0 saturated heterocycles. The lowest BCUT2D eigenvalue weighted by Gasteiger charge is -2.18. The second-order valence-electron chi connectivity index (χ2n) is 20.6. The molecule has 0 rings (SSSR count). The Balaban J connectivity index is 4.42. The quantitative estimate of drug-likeness (QED) is 0.0261. The van der Waals surface area contributed by atoms with E-state index >= 15 is 0 Å². The fourth-order valence-corrected chi connectivity index (χ4v) is 8.86. The zero-order valence-corrected chi connectivity index (χ0v) is 47.7. The molecular weight excluding hydrogens is 889 g/mol. The molecule has 0 heterocycles. The molecule has 0 aliphatic rings. The van der Waals surface area contributed by atoms with E-state index in [1.807, 2.05) is 0 Å². The molecule has 6 nitrogen and oxygen atoms in total. The van der Waals surface area contributed by atoms with E-state index in [4.69, 9.17) is 14.2 Å². The van der Waals surface area contributed by atoms with Crippen LogP contribution in [-0.2, 0) is 28.6 Å². The molecule has 0 saturated carbocycles. The normalized spacial score (nSPS) is 12.5. The van der Waals surface area contributed by atoms with Crippen molar-refractivity contribution in [1.29, 1.82) is 0 Å². The number of rotatable bonds is 56. The number of allylic oxidation sites excluding steroid dienone is 12. The second-order valence-corrected chi connectivity index (χ2v) is 20.6. The van der Waals surface area contributed by atoms with E-state index < -0.39 is 6.10 Å². The highest BCUT2D eigenvalue weighted by Crippen LogP contribution is 2.17. The molecule has 0 fully saturated rings. The van der Waals surface area contributed by atoms with Crippen LogP contribution in [-0.4, -0.2) is 37.2 Å². The van der Waals surface area contributed by atoms with Gasteiger partial charge in [0.25, 0.3) is 0 Å². The minimum absolute atomic E-state index is 0.0849. The standard InChI is InChI=1S/C66H116O6/c1-4-7-10-13-16-19-22-25-28-30-32-33-34-36-38-41-44-47-50-53-56-59-65(68)71-62-63(61-70-64(67)58-55-52-49-46-43-40-37-27-24-21-18-15-12-9-6-3)72-66(69)60-57-54-51-48-45-42-39-35-31-29-26-23-20-17-14-11-8-5-2/h7,10,16,19,25,28,32-33,36,38,44,47,63H,4-6,8-9,11-15,17-18,20-24,26-27,29-31,34-35,37,39-43,45-46,48-62H2,1-3H3/b10-7-,19-16-,28-25-,33-32-,38-36-,47-44-. The summed E-state index contributed by atoms with van der Waals surface area (Å²) in [5, 5.41) is 0. The molecule has 0 amide bonds. The summed E-state index contributed by atoms with van der Waals surface area (Å²) in [6, 6.07) is 0. The molecule has 0 bridgehead atoms. The minimum Gasteiger partial charge on any atom is -0.462 e. The minimum atomic E-state index is -0.791. The highest BCUT2D eigenvalue weighted by atomic mass is 16.6. The Morgan fingerprint density at radius 2 is 0.542 bits per heavy atom. The second kappa shape index (κ2) is 60.4. The van der Waals surface area contributed by atoms with E-state index in [1.54, 1.807) is 0 Å². The van der Waals surface area contributed by atoms with Gasteiger partial charge in [-0.2, -0.15) is 0 Å². The van der Waals surface area contributed by atoms with E-state index in [1.165, 1.54) is 173 Å². The predicted molar refractivity (Wildman–Crippen MR) is 311 cm³/mol. The third-order valence-corrected chi connectivity index (χ3v) is 13.5. The van der Waals surface area contributed by atoms with Crippen molar-refractivity contribution in [2.75, 3.05) is 13.2 Å². The van der Waals surface area contributed by atoms with Crippen LogP contribution in [0.15, 0.2) is 72.9 Å². The molecule has 0 spiro atoms. The summed E-state index contributed by atoms with van der Waals surface area (Å²) in [5.41, 5.74) is 0. The van der Waals surface area contributed by atoms with E-state index in [0.717, 1.165) is 96.3 Å². The van der Waals surface area contributed by atoms with Crippen molar-refractivity contribution in [2.45, 2.75) is 316 Å². The van der Waals surface area contributed by atoms with Gasteiger partial charge in [-0.05, 0) is 70.6 Å². The lowest BCUT2D eigenvalue weighted by Crippen LogP contribution is -2.30. The maximum absolute atomic E-state index is 12.9. The molecule has 0 aliphatic carbocycles. The number of hydrogen-bond donors (Lipinski definition) is 0. The molecule has 0 aliphatic heterocycles. The van der Waals surface area contributed by atoms with Gasteiger partial charge < -0.3 is 14.2 Å². The fraction of sp³-hybridized carbons (Fsp3) is 0.773. The average molecular weight is 1010 g/mol. The summed E-state index contributed by atoms with van der Waals surface area (Å²) in [6.45, 7) is 6.53. The lowest BCUT2D eigenvalue weighted by molar-refractivity contribution is -0.167. The number of ether oxygens (including phenoxy) is 3. The largest absolute Gasteiger partial charge is 0.462 e. The first-order valence-electron chi connectivity index (χ1n) is 30.9. The SMILES string of the molecule is CC/C=C\C/C=C\C/C=C\C/C=C\C/C=C\C/C=C\CCCCC(=O)OCC(COC(=O)CCCCCCCCCCCCCCCCC)OC(=O)CCCCCCCCCCCCCCCCCCCC. The van der Waals surface area contributed by atoms with Crippen LogP contribution in [0.25, 0.3) is 0 Å². The van der Waals surface area contributed by atoms with Gasteiger partial charge in [0, 0.05) is 19.3 Å². The van der Waals surface area contributed by atoms with Gasteiger partial charge in [-0.15, -0.1) is 0 Å². The van der Waals surface area contributed by atoms with Crippen LogP contribution in [0.5, 0.6) is 0 Å². The molecule has 0 aromatic heterocycles. The third kappa shape index (κ3) is 57.7. The van der Waals surface area contributed by atoms with Gasteiger partial charge in [0.1, 0.15) is 13.2 Å². The zero-order valence-electron chi connectivity index (χ0n) is 47.7. The maximum atomic E-state index is 12.9. The Kier molecular flexibility index (Phi) is 57.8. The van der Waals surface area contributed by atoms with Gasteiger partial charge in [-0.1, -0.05) is 293 Å². The van der Waals surface area contributed by atoms with Crippen molar-refractivity contribution in [2.24, 2.45) is 0 Å². The first-order valence-corrected chi connectivity index (χ1v) is 30.9. The van der Waals surface area contributed by atoms with Crippen molar-refractivity contribution in [3.05, 3.63) is 72.9 Å². The first-order chi connectivity index (χ1) is 35.5. The Morgan fingerprint density at radius 3 is 0.847 bits per heavy atom. The molecule has 72 heavy (non-hydrogen) atoms. The smallest absolute Gasteiger partial charge is 0.306 e. The topological polar surface area (TPSA) is 78.9 Å². The van der Waals surface area contributed by atoms with Crippen LogP contribution in [0.1, 0.15) is 310 Å². The molecule has 6 heteroatoms. The molecule has 1 atom stereocenters. The van der Waals surface area contributed by atoms with Crippen LogP contribution in [0.2, 0.25) is 0 Å². The highest BCUT2D eigenvalue weighted by molar-refractivity contribution is 5.71. The average Bonchev–Trinajstić information content (AvgIpc) is 3.38. The maximum Gasteiger partial charge on any atom is 0.306 e. The van der Waals surface area contributed by atoms with Gasteiger partial charge in [-0.25, -0.2) is 0 Å². The number of unbranched alkanes of at least 4 members (excludes halogenated alkanes) is 33. The van der Waals surface area contributed by atoms with Crippen molar-refractivity contribution in [1.82, 2.24) is 0 Å². The van der Waals surface area contributed by atoms with Crippen LogP contribution >= 0.6 is 0 Å². The monoisotopic (exact) mass is 1000 g/mol. The fourth-order valence-electron chi connectivity index (χ4n) is 8.86. The van der Waals surface area contributed by atoms with Crippen LogP contribution in [0.4, 0.5) is 0 Å². The summed E-state index contributed by atoms with van der Waals surface area (Å²) >= 11 is 0. The lowest BCUT2D eigenvalue weighted by atomic mass is 10.0. The Labute approximate surface area is 446 Å². The van der Waals surface area contributed by atoms with E-state index in [2.05, 4.69) is 93.7 Å². The van der Waals surface area contributed by atoms with Gasteiger partial charge >= 0.3 is 17.9 Å². The number of carbonyl (C=O) groups is 3. The zero-order chi connectivity index (χ0) is 52.2.